The summed E-state index contributed by atoms with van der Waals surface area (Å²) >= 11 is 0. The summed E-state index contributed by atoms with van der Waals surface area (Å²) in [4.78, 5) is 0. The molecule has 3 nitrogen and oxygen atoms in total. The Kier molecular flexibility index (Phi) is 2.19. The lowest BCUT2D eigenvalue weighted by atomic mass is 9.95. The van der Waals surface area contributed by atoms with Gasteiger partial charge in [-0.2, -0.15) is 5.10 Å². The third-order valence-corrected chi connectivity index (χ3v) is 2.46. The number of hydrogen-bond acceptors (Lipinski definition) is 2. The van der Waals surface area contributed by atoms with Crippen molar-refractivity contribution in [3.8, 4) is 0 Å². The van der Waals surface area contributed by atoms with Gasteiger partial charge in [0, 0.05) is 11.8 Å². The molecule has 5 heteroatoms. The fourth-order valence-corrected chi connectivity index (χ4v) is 1.47. The SMILES string of the molecule is CC(N)(c1cnn2ccccc12)C(F)F. The normalized spacial score (nSPS) is 15.8. The van der Waals surface area contributed by atoms with Crippen molar-refractivity contribution in [2.24, 2.45) is 5.73 Å². The summed E-state index contributed by atoms with van der Waals surface area (Å²) < 4.78 is 27.0. The second kappa shape index (κ2) is 3.27. The fraction of sp³-hybridized carbons (Fsp3) is 0.300. The van der Waals surface area contributed by atoms with Crippen molar-refractivity contribution in [3.05, 3.63) is 36.2 Å². The summed E-state index contributed by atoms with van der Waals surface area (Å²) in [5.74, 6) is 0. The zero-order chi connectivity index (χ0) is 11.1. The van der Waals surface area contributed by atoms with Crippen molar-refractivity contribution in [1.29, 1.82) is 0 Å². The molecule has 0 spiro atoms. The molecule has 0 saturated heterocycles. The number of alkyl halides is 2. The van der Waals surface area contributed by atoms with Crippen LogP contribution in [0.2, 0.25) is 0 Å². The van der Waals surface area contributed by atoms with Crippen LogP contribution < -0.4 is 5.73 Å². The third-order valence-electron chi connectivity index (χ3n) is 2.46. The Bertz CT molecular complexity index is 476. The molecule has 0 aliphatic heterocycles. The van der Waals surface area contributed by atoms with Crippen molar-refractivity contribution in [1.82, 2.24) is 9.61 Å². The van der Waals surface area contributed by atoms with Crippen LogP contribution in [0, 0.1) is 0 Å². The maximum absolute atomic E-state index is 12.7. The van der Waals surface area contributed by atoms with Gasteiger partial charge in [0.15, 0.2) is 0 Å². The van der Waals surface area contributed by atoms with E-state index in [9.17, 15) is 8.78 Å². The van der Waals surface area contributed by atoms with Crippen LogP contribution in [0.15, 0.2) is 30.6 Å². The Hall–Kier alpha value is -1.49. The zero-order valence-corrected chi connectivity index (χ0v) is 8.19. The number of nitrogens with zero attached hydrogens (tertiary/aromatic N) is 2. The summed E-state index contributed by atoms with van der Waals surface area (Å²) in [5, 5.41) is 3.97. The van der Waals surface area contributed by atoms with Crippen molar-refractivity contribution in [3.63, 3.8) is 0 Å². The second-order valence-electron chi connectivity index (χ2n) is 3.67. The average molecular weight is 211 g/mol. The van der Waals surface area contributed by atoms with Gasteiger partial charge >= 0.3 is 0 Å². The molecule has 0 bridgehead atoms. The summed E-state index contributed by atoms with van der Waals surface area (Å²) in [6.07, 6.45) is 0.465. The summed E-state index contributed by atoms with van der Waals surface area (Å²) in [6.45, 7) is 1.31. The molecule has 15 heavy (non-hydrogen) atoms. The van der Waals surface area contributed by atoms with E-state index >= 15 is 0 Å². The maximum Gasteiger partial charge on any atom is 0.260 e. The van der Waals surface area contributed by atoms with Gasteiger partial charge in [0.1, 0.15) is 5.54 Å². The molecule has 0 aliphatic carbocycles. The van der Waals surface area contributed by atoms with E-state index in [1.165, 1.54) is 17.6 Å². The molecule has 0 aliphatic rings. The molecular weight excluding hydrogens is 200 g/mol. The number of aromatic nitrogens is 2. The number of halogens is 2. The Morgan fingerprint density at radius 3 is 2.87 bits per heavy atom. The van der Waals surface area contributed by atoms with Crippen LogP contribution >= 0.6 is 0 Å². The van der Waals surface area contributed by atoms with Gasteiger partial charge in [0.25, 0.3) is 6.43 Å². The van der Waals surface area contributed by atoms with Crippen LogP contribution in [0.25, 0.3) is 5.52 Å². The topological polar surface area (TPSA) is 43.3 Å². The molecule has 0 aromatic carbocycles. The Morgan fingerprint density at radius 2 is 2.20 bits per heavy atom. The second-order valence-corrected chi connectivity index (χ2v) is 3.67. The molecule has 2 aromatic rings. The lowest BCUT2D eigenvalue weighted by molar-refractivity contribution is 0.0632. The fourth-order valence-electron chi connectivity index (χ4n) is 1.47. The van der Waals surface area contributed by atoms with Gasteiger partial charge in [-0.1, -0.05) is 6.07 Å². The number of nitrogens with two attached hydrogens (primary N) is 1. The molecule has 2 rings (SSSR count). The largest absolute Gasteiger partial charge is 0.317 e. The van der Waals surface area contributed by atoms with Crippen molar-refractivity contribution >= 4 is 5.52 Å². The minimum atomic E-state index is -2.62. The molecule has 0 saturated carbocycles. The first-order chi connectivity index (χ1) is 7.03. The van der Waals surface area contributed by atoms with Crippen molar-refractivity contribution in [2.75, 3.05) is 0 Å². The molecule has 2 aromatic heterocycles. The van der Waals surface area contributed by atoms with E-state index in [0.717, 1.165) is 0 Å². The first-order valence-electron chi connectivity index (χ1n) is 4.53. The van der Waals surface area contributed by atoms with Crippen LogP contribution in [-0.2, 0) is 5.54 Å². The van der Waals surface area contributed by atoms with Gasteiger partial charge in [0.2, 0.25) is 0 Å². The van der Waals surface area contributed by atoms with Gasteiger partial charge in [-0.15, -0.1) is 0 Å². The van der Waals surface area contributed by atoms with Gasteiger partial charge in [-0.25, -0.2) is 13.3 Å². The Balaban J connectivity index is 2.62. The molecule has 80 valence electrons. The van der Waals surface area contributed by atoms with E-state index in [0.29, 0.717) is 11.1 Å². The molecule has 1 atom stereocenters. The van der Waals surface area contributed by atoms with E-state index < -0.39 is 12.0 Å². The highest BCUT2D eigenvalue weighted by Crippen LogP contribution is 2.28. The quantitative estimate of drug-likeness (QED) is 0.822. The highest BCUT2D eigenvalue weighted by Gasteiger charge is 2.34. The smallest absolute Gasteiger partial charge is 0.260 e. The molecule has 2 N–H and O–H groups in total. The zero-order valence-electron chi connectivity index (χ0n) is 8.19. The predicted molar refractivity (Wildman–Crippen MR) is 52.7 cm³/mol. The van der Waals surface area contributed by atoms with Gasteiger partial charge in [-0.3, -0.25) is 0 Å². The summed E-state index contributed by atoms with van der Waals surface area (Å²) in [7, 11) is 0. The van der Waals surface area contributed by atoms with E-state index in [-0.39, 0.29) is 0 Å². The van der Waals surface area contributed by atoms with Gasteiger partial charge in [0.05, 0.1) is 11.7 Å². The Morgan fingerprint density at radius 1 is 1.47 bits per heavy atom. The van der Waals surface area contributed by atoms with E-state index in [1.54, 1.807) is 24.4 Å². The molecule has 0 fully saturated rings. The van der Waals surface area contributed by atoms with Gasteiger partial charge < -0.3 is 5.73 Å². The number of pyridine rings is 1. The highest BCUT2D eigenvalue weighted by molar-refractivity contribution is 5.56. The number of rotatable bonds is 2. The minimum absolute atomic E-state index is 0.359. The third kappa shape index (κ3) is 1.48. The van der Waals surface area contributed by atoms with E-state index in [2.05, 4.69) is 5.10 Å². The van der Waals surface area contributed by atoms with Crippen molar-refractivity contribution < 1.29 is 8.78 Å². The van der Waals surface area contributed by atoms with Crippen LogP contribution in [0.3, 0.4) is 0 Å². The first kappa shape index (κ1) is 10.0. The van der Waals surface area contributed by atoms with E-state index in [1.807, 2.05) is 0 Å². The van der Waals surface area contributed by atoms with Crippen LogP contribution in [0.5, 0.6) is 0 Å². The maximum atomic E-state index is 12.7. The van der Waals surface area contributed by atoms with E-state index in [4.69, 9.17) is 5.73 Å². The molecule has 0 radical (unpaired) electrons. The van der Waals surface area contributed by atoms with Crippen molar-refractivity contribution in [2.45, 2.75) is 18.9 Å². The predicted octanol–water partition coefficient (Wildman–Crippen LogP) is 1.77. The average Bonchev–Trinajstić information content (AvgIpc) is 2.61. The Labute approximate surface area is 85.5 Å². The first-order valence-corrected chi connectivity index (χ1v) is 4.53. The standard InChI is InChI=1S/C10H11F2N3/c1-10(13,9(11)12)7-6-14-15-5-3-2-4-8(7)15/h2-6,9H,13H2,1H3. The minimum Gasteiger partial charge on any atom is -0.317 e. The summed E-state index contributed by atoms with van der Waals surface area (Å²) in [6, 6.07) is 5.26. The van der Waals surface area contributed by atoms with Crippen LogP contribution in [0.4, 0.5) is 8.78 Å². The van der Waals surface area contributed by atoms with Gasteiger partial charge in [-0.05, 0) is 19.1 Å². The van der Waals surface area contributed by atoms with Crippen LogP contribution in [0.1, 0.15) is 12.5 Å². The highest BCUT2D eigenvalue weighted by atomic mass is 19.3. The molecule has 0 amide bonds. The monoisotopic (exact) mass is 211 g/mol. The van der Waals surface area contributed by atoms with Crippen LogP contribution in [-0.4, -0.2) is 16.0 Å². The molecule has 1 unspecified atom stereocenters. The lowest BCUT2D eigenvalue weighted by Gasteiger charge is -2.22. The molecule has 2 heterocycles. The number of fused-ring (bicyclic) bond motifs is 1. The molecular formula is C10H11F2N3. The number of hydrogen-bond donors (Lipinski definition) is 1. The summed E-state index contributed by atoms with van der Waals surface area (Å²) in [5.41, 5.74) is 4.90. The lowest BCUT2D eigenvalue weighted by Crippen LogP contribution is -2.40.